The number of allylic oxidation sites excluding steroid dienone is 1. The molecule has 1 aromatic rings. The van der Waals surface area contributed by atoms with Gasteiger partial charge in [0.15, 0.2) is 0 Å². The summed E-state index contributed by atoms with van der Waals surface area (Å²) in [6.45, 7) is 18.1. The zero-order valence-corrected chi connectivity index (χ0v) is 14.1. The van der Waals surface area contributed by atoms with Crippen LogP contribution in [0.5, 0.6) is 0 Å². The van der Waals surface area contributed by atoms with Crippen LogP contribution >= 0.6 is 0 Å². The second kappa shape index (κ2) is 5.76. The topological polar surface area (TPSA) is 0 Å². The Morgan fingerprint density at radius 1 is 1.30 bits per heavy atom. The van der Waals surface area contributed by atoms with Crippen LogP contribution in [-0.4, -0.2) is 0 Å². The molecule has 0 heterocycles. The lowest BCUT2D eigenvalue weighted by Gasteiger charge is -2.37. The van der Waals surface area contributed by atoms with Crippen LogP contribution < -0.4 is 0 Å². The lowest BCUT2D eigenvalue weighted by molar-refractivity contribution is 0.424. The molecule has 0 heteroatoms. The lowest BCUT2D eigenvalue weighted by atomic mass is 9.67. The van der Waals surface area contributed by atoms with Gasteiger partial charge < -0.3 is 0 Å². The molecule has 110 valence electrons. The van der Waals surface area contributed by atoms with Crippen LogP contribution in [-0.2, 0) is 0 Å². The van der Waals surface area contributed by atoms with Crippen molar-refractivity contribution in [3.8, 4) is 0 Å². The van der Waals surface area contributed by atoms with Crippen molar-refractivity contribution in [2.24, 2.45) is 5.92 Å². The average molecular weight is 270 g/mol. The van der Waals surface area contributed by atoms with Crippen LogP contribution in [0.15, 0.2) is 18.7 Å². The third-order valence-corrected chi connectivity index (χ3v) is 5.59. The monoisotopic (exact) mass is 270 g/mol. The van der Waals surface area contributed by atoms with Gasteiger partial charge in [0.05, 0.1) is 0 Å². The zero-order valence-electron chi connectivity index (χ0n) is 14.1. The number of hydrogen-bond donors (Lipinski definition) is 0. The van der Waals surface area contributed by atoms with E-state index in [0.29, 0.717) is 23.7 Å². The number of benzene rings is 1. The molecule has 4 atom stereocenters. The Morgan fingerprint density at radius 2 is 1.95 bits per heavy atom. The molecule has 0 aliphatic heterocycles. The minimum Gasteiger partial charge on any atom is -0.103 e. The van der Waals surface area contributed by atoms with Crippen molar-refractivity contribution in [2.45, 2.75) is 72.1 Å². The average Bonchev–Trinajstić information content (AvgIpc) is 2.43. The van der Waals surface area contributed by atoms with Gasteiger partial charge in [-0.05, 0) is 78.2 Å². The number of hydrogen-bond acceptors (Lipinski definition) is 0. The van der Waals surface area contributed by atoms with Crippen LogP contribution in [0.1, 0.15) is 86.1 Å². The van der Waals surface area contributed by atoms with Gasteiger partial charge in [-0.2, -0.15) is 0 Å². The third-order valence-electron chi connectivity index (χ3n) is 5.59. The maximum Gasteiger partial charge on any atom is -0.0122 e. The predicted octanol–water partition coefficient (Wildman–Crippen LogP) is 6.23. The Hall–Kier alpha value is -1.04. The Morgan fingerprint density at radius 3 is 2.50 bits per heavy atom. The van der Waals surface area contributed by atoms with Crippen molar-refractivity contribution < 1.29 is 0 Å². The van der Waals surface area contributed by atoms with Gasteiger partial charge in [-0.15, -0.1) is 6.58 Å². The predicted molar refractivity (Wildman–Crippen MR) is 89.8 cm³/mol. The van der Waals surface area contributed by atoms with Crippen LogP contribution in [0, 0.1) is 19.8 Å². The van der Waals surface area contributed by atoms with Crippen LogP contribution in [0.2, 0.25) is 0 Å². The summed E-state index contributed by atoms with van der Waals surface area (Å²) in [4.78, 5) is 0. The first-order valence-electron chi connectivity index (χ1n) is 8.18. The molecular formula is C20H30. The van der Waals surface area contributed by atoms with Crippen molar-refractivity contribution in [3.05, 3.63) is 46.5 Å². The lowest BCUT2D eigenvalue weighted by Crippen LogP contribution is -2.22. The van der Waals surface area contributed by atoms with E-state index in [-0.39, 0.29) is 0 Å². The van der Waals surface area contributed by atoms with E-state index in [1.165, 1.54) is 18.4 Å². The van der Waals surface area contributed by atoms with E-state index in [0.717, 1.165) is 0 Å². The summed E-state index contributed by atoms with van der Waals surface area (Å²) in [6.07, 6.45) is 4.64. The molecule has 0 bridgehead atoms. The molecule has 0 nitrogen and oxygen atoms in total. The van der Waals surface area contributed by atoms with Gasteiger partial charge in [-0.25, -0.2) is 0 Å². The molecule has 20 heavy (non-hydrogen) atoms. The molecule has 1 aliphatic carbocycles. The summed E-state index contributed by atoms with van der Waals surface area (Å²) in [5, 5.41) is 0. The fourth-order valence-corrected chi connectivity index (χ4v) is 4.21. The number of fused-ring (bicyclic) bond motifs is 1. The van der Waals surface area contributed by atoms with E-state index in [9.17, 15) is 0 Å². The summed E-state index contributed by atoms with van der Waals surface area (Å²) in [5.74, 6) is 2.57. The Labute approximate surface area is 125 Å². The van der Waals surface area contributed by atoms with Gasteiger partial charge in [-0.3, -0.25) is 0 Å². The minimum atomic E-state index is 0.614. The van der Waals surface area contributed by atoms with E-state index < -0.39 is 0 Å². The van der Waals surface area contributed by atoms with Crippen molar-refractivity contribution >= 4 is 0 Å². The normalized spacial score (nSPS) is 27.0. The van der Waals surface area contributed by atoms with Crippen molar-refractivity contribution in [1.29, 1.82) is 0 Å². The molecule has 0 saturated carbocycles. The highest BCUT2D eigenvalue weighted by Gasteiger charge is 2.32. The van der Waals surface area contributed by atoms with Crippen LogP contribution in [0.3, 0.4) is 0 Å². The largest absolute Gasteiger partial charge is 0.103 e. The summed E-state index contributed by atoms with van der Waals surface area (Å²) < 4.78 is 0. The number of rotatable bonds is 3. The summed E-state index contributed by atoms with van der Waals surface area (Å²) in [7, 11) is 0. The van der Waals surface area contributed by atoms with E-state index >= 15 is 0 Å². The first kappa shape index (κ1) is 15.4. The van der Waals surface area contributed by atoms with Crippen LogP contribution in [0.4, 0.5) is 0 Å². The molecule has 0 saturated heterocycles. The molecule has 0 N–H and O–H groups in total. The minimum absolute atomic E-state index is 0.614. The summed E-state index contributed by atoms with van der Waals surface area (Å²) >= 11 is 0. The van der Waals surface area contributed by atoms with Gasteiger partial charge in [0, 0.05) is 0 Å². The molecule has 0 spiro atoms. The van der Waals surface area contributed by atoms with E-state index in [1.54, 1.807) is 22.3 Å². The Kier molecular flexibility index (Phi) is 4.42. The van der Waals surface area contributed by atoms with E-state index in [1.807, 2.05) is 0 Å². The second-order valence-corrected chi connectivity index (χ2v) is 6.87. The Balaban J connectivity index is 2.65. The Bertz CT molecular complexity index is 509. The smallest absolute Gasteiger partial charge is 0.0122 e. The van der Waals surface area contributed by atoms with Crippen molar-refractivity contribution in [2.75, 3.05) is 0 Å². The first-order valence-corrected chi connectivity index (χ1v) is 8.18. The maximum atomic E-state index is 4.05. The quantitative estimate of drug-likeness (QED) is 0.571. The number of aryl methyl sites for hydroxylation is 1. The first-order chi connectivity index (χ1) is 9.42. The molecule has 0 amide bonds. The molecule has 0 radical (unpaired) electrons. The van der Waals surface area contributed by atoms with E-state index in [2.05, 4.69) is 60.3 Å². The fraction of sp³-hybridized carbons (Fsp3) is 0.600. The molecule has 2 rings (SSSR count). The van der Waals surface area contributed by atoms with Gasteiger partial charge in [0.2, 0.25) is 0 Å². The molecule has 0 aromatic heterocycles. The van der Waals surface area contributed by atoms with Gasteiger partial charge in [0.1, 0.15) is 0 Å². The molecule has 1 aliphatic rings. The SMILES string of the molecule is C=CC1CC(C)c2c(C)c(C(C)CC)cc(C)c2C1C. The van der Waals surface area contributed by atoms with Crippen molar-refractivity contribution in [1.82, 2.24) is 0 Å². The fourth-order valence-electron chi connectivity index (χ4n) is 4.21. The second-order valence-electron chi connectivity index (χ2n) is 6.87. The maximum absolute atomic E-state index is 4.05. The van der Waals surface area contributed by atoms with Crippen LogP contribution in [0.25, 0.3) is 0 Å². The third kappa shape index (κ3) is 2.34. The highest BCUT2D eigenvalue weighted by Crippen LogP contribution is 2.47. The molecular weight excluding hydrogens is 240 g/mol. The summed E-state index contributed by atoms with van der Waals surface area (Å²) in [5.41, 5.74) is 7.87. The van der Waals surface area contributed by atoms with Gasteiger partial charge in [-0.1, -0.05) is 39.8 Å². The molecule has 0 fully saturated rings. The van der Waals surface area contributed by atoms with E-state index in [4.69, 9.17) is 0 Å². The summed E-state index contributed by atoms with van der Waals surface area (Å²) in [6, 6.07) is 2.46. The highest BCUT2D eigenvalue weighted by atomic mass is 14.4. The standard InChI is InChI=1S/C20H30/c1-8-12(3)18-11-14(5)19-15(6)17(9-2)10-13(4)20(19)16(18)7/h9,11-13,15,17H,2,8,10H2,1,3-7H3. The van der Waals surface area contributed by atoms with Gasteiger partial charge in [0.25, 0.3) is 0 Å². The highest BCUT2D eigenvalue weighted by molar-refractivity contribution is 5.51. The van der Waals surface area contributed by atoms with Crippen molar-refractivity contribution in [3.63, 3.8) is 0 Å². The molecule has 4 unspecified atom stereocenters. The van der Waals surface area contributed by atoms with Gasteiger partial charge >= 0.3 is 0 Å². The zero-order chi connectivity index (χ0) is 15.0. The molecule has 1 aromatic carbocycles.